The van der Waals surface area contributed by atoms with Crippen LogP contribution >= 0.6 is 0 Å². The number of nitrogens with zero attached hydrogens (tertiary/aromatic N) is 4. The first-order valence-corrected chi connectivity index (χ1v) is 6.83. The van der Waals surface area contributed by atoms with Crippen LogP contribution in [0, 0.1) is 17.0 Å². The summed E-state index contributed by atoms with van der Waals surface area (Å²) in [5, 5.41) is 14.1. The van der Waals surface area contributed by atoms with Crippen LogP contribution in [0.2, 0.25) is 0 Å². The maximum absolute atomic E-state index is 10.8. The average molecular weight is 279 g/mol. The lowest BCUT2D eigenvalue weighted by molar-refractivity contribution is -0.385. The molecule has 1 saturated heterocycles. The highest BCUT2D eigenvalue weighted by Gasteiger charge is 2.14. The second-order valence-corrected chi connectivity index (χ2v) is 5.10. The molecule has 0 radical (unpaired) electrons. The summed E-state index contributed by atoms with van der Waals surface area (Å²) in [6.07, 6.45) is 1.34. The van der Waals surface area contributed by atoms with Gasteiger partial charge in [0.1, 0.15) is 12.0 Å². The normalized spacial score (nSPS) is 16.1. The van der Waals surface area contributed by atoms with Gasteiger partial charge in [0.05, 0.1) is 4.92 Å². The van der Waals surface area contributed by atoms with E-state index in [-0.39, 0.29) is 5.69 Å². The van der Waals surface area contributed by atoms with Crippen LogP contribution in [0.3, 0.4) is 0 Å². The minimum atomic E-state index is -0.396. The lowest BCUT2D eigenvalue weighted by Gasteiger charge is -2.29. The number of nitrogens with one attached hydrogen (secondary N) is 1. The molecule has 0 atom stereocenters. The van der Waals surface area contributed by atoms with Gasteiger partial charge in [0.15, 0.2) is 0 Å². The number of rotatable bonds is 5. The van der Waals surface area contributed by atoms with E-state index in [2.05, 4.69) is 15.2 Å². The van der Waals surface area contributed by atoms with Gasteiger partial charge < -0.3 is 10.2 Å². The highest BCUT2D eigenvalue weighted by molar-refractivity contribution is 5.48. The van der Waals surface area contributed by atoms with E-state index in [4.69, 9.17) is 0 Å². The fourth-order valence-electron chi connectivity index (χ4n) is 2.27. The minimum Gasteiger partial charge on any atom is -0.358 e. The predicted molar refractivity (Wildman–Crippen MR) is 78.2 cm³/mol. The summed E-state index contributed by atoms with van der Waals surface area (Å²) >= 11 is 0. The number of hydrogen-bond acceptors (Lipinski definition) is 6. The van der Waals surface area contributed by atoms with Crippen LogP contribution in [-0.2, 0) is 0 Å². The molecule has 0 spiro atoms. The van der Waals surface area contributed by atoms with Gasteiger partial charge in [-0.3, -0.25) is 15.0 Å². The van der Waals surface area contributed by atoms with Crippen molar-refractivity contribution >= 4 is 11.5 Å². The largest absolute Gasteiger partial charge is 0.358 e. The number of aromatic nitrogens is 1. The van der Waals surface area contributed by atoms with Gasteiger partial charge in [-0.05, 0) is 13.0 Å². The molecule has 2 heterocycles. The Morgan fingerprint density at radius 1 is 1.50 bits per heavy atom. The molecular formula is C13H21N5O2. The Morgan fingerprint density at radius 2 is 2.20 bits per heavy atom. The molecule has 0 unspecified atom stereocenters. The number of piperazine rings is 1. The summed E-state index contributed by atoms with van der Waals surface area (Å²) in [4.78, 5) is 19.0. The Morgan fingerprint density at radius 3 is 2.80 bits per heavy atom. The number of pyridine rings is 1. The molecule has 20 heavy (non-hydrogen) atoms. The second kappa shape index (κ2) is 6.62. The second-order valence-electron chi connectivity index (χ2n) is 5.10. The molecule has 1 aliphatic rings. The molecular weight excluding hydrogens is 258 g/mol. The molecule has 0 saturated carbocycles. The number of nitro groups is 1. The third kappa shape index (κ3) is 3.64. The van der Waals surface area contributed by atoms with Gasteiger partial charge in [-0.25, -0.2) is 4.98 Å². The van der Waals surface area contributed by atoms with Crippen LogP contribution < -0.4 is 10.2 Å². The molecule has 7 heteroatoms. The summed E-state index contributed by atoms with van der Waals surface area (Å²) in [6, 6.07) is 1.77. The van der Waals surface area contributed by atoms with Crippen LogP contribution in [0.1, 0.15) is 5.56 Å². The number of hydrogen-bond donors (Lipinski definition) is 1. The molecule has 0 aliphatic carbocycles. The Balaban J connectivity index is 1.93. The molecule has 110 valence electrons. The maximum Gasteiger partial charge on any atom is 0.290 e. The molecule has 0 amide bonds. The lowest BCUT2D eigenvalue weighted by Crippen LogP contribution is -2.46. The fraction of sp³-hybridized carbons (Fsp3) is 0.615. The summed E-state index contributed by atoms with van der Waals surface area (Å²) in [6.45, 7) is 7.81. The number of anilines is 1. The molecule has 1 aromatic rings. The average Bonchev–Trinajstić information content (AvgIpc) is 2.45. The molecule has 1 N–H and O–H groups in total. The van der Waals surface area contributed by atoms with Gasteiger partial charge >= 0.3 is 0 Å². The summed E-state index contributed by atoms with van der Waals surface area (Å²) in [7, 11) is 1.97. The quantitative estimate of drug-likeness (QED) is 0.630. The van der Waals surface area contributed by atoms with Crippen molar-refractivity contribution in [2.75, 3.05) is 51.2 Å². The van der Waals surface area contributed by atoms with Crippen molar-refractivity contribution in [2.24, 2.45) is 0 Å². The monoisotopic (exact) mass is 279 g/mol. The van der Waals surface area contributed by atoms with E-state index in [1.807, 2.05) is 11.9 Å². The van der Waals surface area contributed by atoms with Crippen LogP contribution in [0.15, 0.2) is 12.3 Å². The smallest absolute Gasteiger partial charge is 0.290 e. The first-order valence-electron chi connectivity index (χ1n) is 6.83. The minimum absolute atomic E-state index is 0.0734. The highest BCUT2D eigenvalue weighted by Crippen LogP contribution is 2.20. The topological polar surface area (TPSA) is 74.5 Å². The van der Waals surface area contributed by atoms with Crippen LogP contribution in [-0.4, -0.2) is 61.1 Å². The van der Waals surface area contributed by atoms with E-state index >= 15 is 0 Å². The van der Waals surface area contributed by atoms with Crippen LogP contribution in [0.25, 0.3) is 0 Å². The Hall–Kier alpha value is -1.73. The van der Waals surface area contributed by atoms with Gasteiger partial charge in [0.2, 0.25) is 0 Å². The van der Waals surface area contributed by atoms with E-state index in [1.54, 1.807) is 13.0 Å². The number of aryl methyl sites for hydroxylation is 1. The summed E-state index contributed by atoms with van der Waals surface area (Å²) in [5.41, 5.74) is 0.721. The van der Waals surface area contributed by atoms with E-state index in [0.29, 0.717) is 5.56 Å². The van der Waals surface area contributed by atoms with Gasteiger partial charge in [-0.2, -0.15) is 0 Å². The molecule has 2 rings (SSSR count). The van der Waals surface area contributed by atoms with Gasteiger partial charge in [-0.15, -0.1) is 0 Å². The molecule has 1 aromatic heterocycles. The zero-order valence-corrected chi connectivity index (χ0v) is 12.0. The lowest BCUT2D eigenvalue weighted by atomic mass is 10.2. The van der Waals surface area contributed by atoms with Crippen molar-refractivity contribution in [1.82, 2.24) is 15.2 Å². The van der Waals surface area contributed by atoms with E-state index < -0.39 is 4.92 Å². The maximum atomic E-state index is 10.8. The predicted octanol–water partition coefficient (Wildman–Crippen LogP) is 0.640. The van der Waals surface area contributed by atoms with Crippen molar-refractivity contribution in [3.8, 4) is 0 Å². The highest BCUT2D eigenvalue weighted by atomic mass is 16.6. The number of likely N-dealkylation sites (N-methyl/N-ethyl adjacent to an activating group) is 1. The first kappa shape index (κ1) is 14.7. The van der Waals surface area contributed by atoms with Crippen molar-refractivity contribution < 1.29 is 4.92 Å². The van der Waals surface area contributed by atoms with Gasteiger partial charge in [0, 0.05) is 51.9 Å². The molecule has 7 nitrogen and oxygen atoms in total. The molecule has 1 fully saturated rings. The molecule has 0 bridgehead atoms. The van der Waals surface area contributed by atoms with Crippen molar-refractivity contribution in [2.45, 2.75) is 6.92 Å². The zero-order chi connectivity index (χ0) is 14.5. The summed E-state index contributed by atoms with van der Waals surface area (Å²) in [5.74, 6) is 0.781. The Labute approximate surface area is 118 Å². The standard InChI is InChI=1S/C13H21N5O2/c1-11-9-13(15-10-12(11)18(19)20)16(2)7-8-17-5-3-14-4-6-17/h9-10,14H,3-8H2,1-2H3. The van der Waals surface area contributed by atoms with E-state index in [0.717, 1.165) is 45.1 Å². The molecule has 0 aromatic carbocycles. The zero-order valence-electron chi connectivity index (χ0n) is 12.0. The fourth-order valence-corrected chi connectivity index (χ4v) is 2.27. The Kier molecular flexibility index (Phi) is 4.86. The van der Waals surface area contributed by atoms with E-state index in [9.17, 15) is 10.1 Å². The van der Waals surface area contributed by atoms with Gasteiger partial charge in [-0.1, -0.05) is 0 Å². The Bertz CT molecular complexity index is 474. The van der Waals surface area contributed by atoms with Crippen molar-refractivity contribution in [3.05, 3.63) is 27.9 Å². The van der Waals surface area contributed by atoms with Gasteiger partial charge in [0.25, 0.3) is 5.69 Å². The third-order valence-corrected chi connectivity index (χ3v) is 3.62. The SMILES string of the molecule is Cc1cc(N(C)CCN2CCNCC2)ncc1[N+](=O)[O-]. The third-order valence-electron chi connectivity index (χ3n) is 3.62. The van der Waals surface area contributed by atoms with Crippen LogP contribution in [0.4, 0.5) is 11.5 Å². The first-order chi connectivity index (χ1) is 9.58. The molecule has 1 aliphatic heterocycles. The summed E-state index contributed by atoms with van der Waals surface area (Å²) < 4.78 is 0. The van der Waals surface area contributed by atoms with E-state index in [1.165, 1.54) is 6.20 Å². The van der Waals surface area contributed by atoms with Crippen molar-refractivity contribution in [3.63, 3.8) is 0 Å². The van der Waals surface area contributed by atoms with Crippen molar-refractivity contribution in [1.29, 1.82) is 0 Å². The van der Waals surface area contributed by atoms with Crippen LogP contribution in [0.5, 0.6) is 0 Å².